The zero-order valence-corrected chi connectivity index (χ0v) is 29.5. The highest BCUT2D eigenvalue weighted by Gasteiger charge is 2.45. The number of hydrazone groups is 1. The first kappa shape index (κ1) is 35.0. The molecule has 11 heteroatoms. The van der Waals surface area contributed by atoms with Gasteiger partial charge in [-0.3, -0.25) is 4.79 Å². The zero-order valence-electron chi connectivity index (χ0n) is 29.5. The molecule has 0 radical (unpaired) electrons. The first-order valence-electron chi connectivity index (χ1n) is 17.7. The SMILES string of the molecule is CCOc1ccc(/C=C2\CCC[C@H]3C2=NN(C(=O)c2cc4nc(-c5ccc(C(C)C)cc5)cc(C(F)(F)F)n4n2)[C@H]3c2ccc(OCC)cc2)cc1. The van der Waals surface area contributed by atoms with Crippen LogP contribution in [0.2, 0.25) is 0 Å². The maximum atomic E-state index is 14.5. The van der Waals surface area contributed by atoms with E-state index in [-0.39, 0.29) is 28.9 Å². The summed E-state index contributed by atoms with van der Waals surface area (Å²) in [6, 6.07) is 24.5. The fourth-order valence-corrected chi connectivity index (χ4v) is 7.04. The van der Waals surface area contributed by atoms with Crippen molar-refractivity contribution in [2.45, 2.75) is 65.1 Å². The Bertz CT molecular complexity index is 2140. The molecule has 2 atom stereocenters. The van der Waals surface area contributed by atoms with E-state index in [1.807, 2.05) is 88.4 Å². The van der Waals surface area contributed by atoms with E-state index >= 15 is 0 Å². The molecular weight excluding hydrogens is 667 g/mol. The van der Waals surface area contributed by atoms with E-state index in [4.69, 9.17) is 14.6 Å². The summed E-state index contributed by atoms with van der Waals surface area (Å²) < 4.78 is 55.5. The van der Waals surface area contributed by atoms with Gasteiger partial charge in [-0.05, 0) is 97.7 Å². The molecule has 3 heterocycles. The maximum absolute atomic E-state index is 14.5. The monoisotopic (exact) mass is 707 g/mol. The molecule has 268 valence electrons. The largest absolute Gasteiger partial charge is 0.494 e. The van der Waals surface area contributed by atoms with Gasteiger partial charge in [0.05, 0.1) is 30.7 Å². The third-order valence-electron chi connectivity index (χ3n) is 9.58. The number of halogens is 3. The van der Waals surface area contributed by atoms with Gasteiger partial charge in [-0.2, -0.15) is 23.4 Å². The van der Waals surface area contributed by atoms with Crippen molar-refractivity contribution in [1.29, 1.82) is 0 Å². The lowest BCUT2D eigenvalue weighted by Crippen LogP contribution is -2.32. The number of hydrogen-bond donors (Lipinski definition) is 0. The Kier molecular flexibility index (Phi) is 9.61. The number of benzene rings is 3. The first-order chi connectivity index (χ1) is 25.0. The van der Waals surface area contributed by atoms with Crippen LogP contribution in [0, 0.1) is 5.92 Å². The number of carbonyl (C=O) groups is 1. The average Bonchev–Trinajstić information content (AvgIpc) is 3.75. The van der Waals surface area contributed by atoms with Gasteiger partial charge in [0.2, 0.25) is 0 Å². The fourth-order valence-electron chi connectivity index (χ4n) is 7.04. The third-order valence-corrected chi connectivity index (χ3v) is 9.58. The number of aromatic nitrogens is 3. The highest BCUT2D eigenvalue weighted by molar-refractivity contribution is 6.09. The van der Waals surface area contributed by atoms with Crippen molar-refractivity contribution in [3.8, 4) is 22.8 Å². The molecular formula is C41H40F3N5O3. The standard InChI is InChI=1S/C41H40F3N5O3/c1-5-51-31-18-10-26(11-19-31)22-30-8-7-9-33-38(30)47-49(39(33)29-16-20-32(21-17-29)52-6-2)40(50)35-24-37-45-34(23-36(41(42,43)44)48(37)46-35)28-14-12-27(13-15-28)25(3)4/h10-25,33,39H,5-9H2,1-4H3/b30-22+/t33-,39-/m0/s1. The molecule has 5 aromatic rings. The molecule has 0 unspecified atom stereocenters. The molecule has 1 saturated carbocycles. The average molecular weight is 708 g/mol. The Hall–Kier alpha value is -5.45. The van der Waals surface area contributed by atoms with Gasteiger partial charge in [0.25, 0.3) is 5.91 Å². The number of amides is 1. The van der Waals surface area contributed by atoms with Gasteiger partial charge < -0.3 is 9.47 Å². The lowest BCUT2D eigenvalue weighted by atomic mass is 9.77. The minimum absolute atomic E-state index is 0.0842. The van der Waals surface area contributed by atoms with Gasteiger partial charge in [0.15, 0.2) is 17.0 Å². The van der Waals surface area contributed by atoms with Crippen molar-refractivity contribution in [2.24, 2.45) is 11.0 Å². The summed E-state index contributed by atoms with van der Waals surface area (Å²) in [6.45, 7) is 9.02. The van der Waals surface area contributed by atoms with Crippen molar-refractivity contribution < 1.29 is 27.4 Å². The molecule has 3 aromatic carbocycles. The number of hydrogen-bond acceptors (Lipinski definition) is 6. The number of fused-ring (bicyclic) bond motifs is 2. The summed E-state index contributed by atoms with van der Waals surface area (Å²) in [4.78, 5) is 19.0. The van der Waals surface area contributed by atoms with Crippen LogP contribution in [0.15, 0.2) is 95.6 Å². The van der Waals surface area contributed by atoms with Crippen molar-refractivity contribution in [3.63, 3.8) is 0 Å². The second kappa shape index (κ2) is 14.3. The minimum Gasteiger partial charge on any atom is -0.494 e. The summed E-state index contributed by atoms with van der Waals surface area (Å²) in [5.41, 5.74) is 4.06. The smallest absolute Gasteiger partial charge is 0.433 e. The number of alkyl halides is 3. The highest BCUT2D eigenvalue weighted by atomic mass is 19.4. The number of ether oxygens (including phenoxy) is 2. The molecule has 1 amide bonds. The van der Waals surface area contributed by atoms with E-state index in [0.29, 0.717) is 29.0 Å². The van der Waals surface area contributed by atoms with E-state index in [2.05, 4.69) is 16.2 Å². The molecule has 0 spiro atoms. The first-order valence-corrected chi connectivity index (χ1v) is 17.7. The van der Waals surface area contributed by atoms with E-state index in [1.165, 1.54) is 11.1 Å². The predicted molar refractivity (Wildman–Crippen MR) is 194 cm³/mol. The van der Waals surface area contributed by atoms with Crippen LogP contribution in [0.5, 0.6) is 11.5 Å². The Labute approximate surface area is 300 Å². The molecule has 2 aliphatic rings. The molecule has 2 aromatic heterocycles. The number of carbonyl (C=O) groups excluding carboxylic acids is 1. The van der Waals surface area contributed by atoms with Crippen LogP contribution in [0.1, 0.15) is 91.8 Å². The molecule has 1 aliphatic carbocycles. The summed E-state index contributed by atoms with van der Waals surface area (Å²) in [6.07, 6.45) is -0.228. The van der Waals surface area contributed by atoms with Crippen LogP contribution in [0.25, 0.3) is 23.0 Å². The topological polar surface area (TPSA) is 81.3 Å². The molecule has 52 heavy (non-hydrogen) atoms. The summed E-state index contributed by atoms with van der Waals surface area (Å²) in [5, 5.41) is 10.6. The summed E-state index contributed by atoms with van der Waals surface area (Å²) in [7, 11) is 0. The van der Waals surface area contributed by atoms with Crippen molar-refractivity contribution in [1.82, 2.24) is 19.6 Å². The lowest BCUT2D eigenvalue weighted by Gasteiger charge is -2.29. The van der Waals surface area contributed by atoms with Crippen LogP contribution in [-0.4, -0.2) is 44.4 Å². The second-order valence-corrected chi connectivity index (χ2v) is 13.4. The normalized spacial score (nSPS) is 18.2. The van der Waals surface area contributed by atoms with E-state index < -0.39 is 23.8 Å². The van der Waals surface area contributed by atoms with Gasteiger partial charge in [0.1, 0.15) is 11.5 Å². The van der Waals surface area contributed by atoms with Gasteiger partial charge in [0, 0.05) is 17.5 Å². The maximum Gasteiger partial charge on any atom is 0.433 e. The third kappa shape index (κ3) is 6.91. The number of allylic oxidation sites excluding steroid dienone is 1. The second-order valence-electron chi connectivity index (χ2n) is 13.4. The van der Waals surface area contributed by atoms with Crippen LogP contribution < -0.4 is 9.47 Å². The summed E-state index contributed by atoms with van der Waals surface area (Å²) >= 11 is 0. The zero-order chi connectivity index (χ0) is 36.6. The molecule has 7 rings (SSSR count). The van der Waals surface area contributed by atoms with Gasteiger partial charge >= 0.3 is 6.18 Å². The lowest BCUT2D eigenvalue weighted by molar-refractivity contribution is -0.142. The molecule has 1 fully saturated rings. The van der Waals surface area contributed by atoms with Crippen LogP contribution in [0.4, 0.5) is 13.2 Å². The Morgan fingerprint density at radius 3 is 2.19 bits per heavy atom. The van der Waals surface area contributed by atoms with Crippen LogP contribution in [0.3, 0.4) is 0 Å². The Balaban J connectivity index is 1.30. The minimum atomic E-state index is -4.76. The van der Waals surface area contributed by atoms with Gasteiger partial charge in [-0.1, -0.05) is 62.4 Å². The van der Waals surface area contributed by atoms with E-state index in [0.717, 1.165) is 59.1 Å². The van der Waals surface area contributed by atoms with Gasteiger partial charge in [-0.15, -0.1) is 0 Å². The highest BCUT2D eigenvalue weighted by Crippen LogP contribution is 2.45. The van der Waals surface area contributed by atoms with E-state index in [9.17, 15) is 18.0 Å². The van der Waals surface area contributed by atoms with Crippen molar-refractivity contribution >= 4 is 23.3 Å². The van der Waals surface area contributed by atoms with Crippen LogP contribution in [-0.2, 0) is 6.18 Å². The fraction of sp³-hybridized carbons (Fsp3) is 0.317. The summed E-state index contributed by atoms with van der Waals surface area (Å²) in [5.74, 6) is 1.00. The van der Waals surface area contributed by atoms with E-state index in [1.54, 1.807) is 12.1 Å². The number of rotatable bonds is 9. The van der Waals surface area contributed by atoms with Gasteiger partial charge in [-0.25, -0.2) is 14.5 Å². The predicted octanol–water partition coefficient (Wildman–Crippen LogP) is 9.77. The Morgan fingerprint density at radius 2 is 1.58 bits per heavy atom. The molecule has 1 aliphatic heterocycles. The Morgan fingerprint density at radius 1 is 0.923 bits per heavy atom. The van der Waals surface area contributed by atoms with Crippen molar-refractivity contribution in [3.05, 3.63) is 119 Å². The quantitative estimate of drug-likeness (QED) is 0.152. The molecule has 0 saturated heterocycles. The molecule has 0 bridgehead atoms. The van der Waals surface area contributed by atoms with Crippen molar-refractivity contribution in [2.75, 3.05) is 13.2 Å². The number of nitrogens with zero attached hydrogens (tertiary/aromatic N) is 5. The van der Waals surface area contributed by atoms with Crippen LogP contribution >= 0.6 is 0 Å². The molecule has 0 N–H and O–H groups in total. The molecule has 8 nitrogen and oxygen atoms in total.